The van der Waals surface area contributed by atoms with E-state index in [1.807, 2.05) is 0 Å². The van der Waals surface area contributed by atoms with Gasteiger partial charge in [-0.25, -0.2) is 9.78 Å². The number of carboxylic acid groups (broad SMARTS) is 1. The Morgan fingerprint density at radius 2 is 1.65 bits per heavy atom. The second-order valence-corrected chi connectivity index (χ2v) is 8.77. The Hall–Kier alpha value is -3.97. The van der Waals surface area contributed by atoms with Crippen LogP contribution in [0.25, 0.3) is 0 Å². The topological polar surface area (TPSA) is 220 Å². The molecule has 5 atom stereocenters. The molecule has 37 heavy (non-hydrogen) atoms. The molecule has 3 amide bonds. The first-order chi connectivity index (χ1) is 17.5. The van der Waals surface area contributed by atoms with Crippen LogP contribution in [0.4, 0.5) is 0 Å². The summed E-state index contributed by atoms with van der Waals surface area (Å²) in [6.07, 6.45) is 3.62. The molecule has 0 saturated heterocycles. The number of carbonyl (C=O) groups excluding carboxylic acids is 3. The number of aromatic amines is 1. The van der Waals surface area contributed by atoms with Gasteiger partial charge in [-0.1, -0.05) is 32.4 Å². The van der Waals surface area contributed by atoms with Gasteiger partial charge in [0.25, 0.3) is 0 Å². The Labute approximate surface area is 213 Å². The predicted molar refractivity (Wildman–Crippen MR) is 132 cm³/mol. The molecule has 0 radical (unpaired) electrons. The fourth-order valence-corrected chi connectivity index (χ4v) is 3.48. The lowest BCUT2D eigenvalue weighted by atomic mass is 9.96. The minimum absolute atomic E-state index is 0.0257. The highest BCUT2D eigenvalue weighted by atomic mass is 16.4. The van der Waals surface area contributed by atoms with Gasteiger partial charge in [0, 0.05) is 24.7 Å². The van der Waals surface area contributed by atoms with E-state index in [1.54, 1.807) is 26.0 Å². The molecule has 2 aromatic rings. The van der Waals surface area contributed by atoms with Crippen molar-refractivity contribution in [2.75, 3.05) is 6.61 Å². The van der Waals surface area contributed by atoms with Crippen molar-refractivity contribution in [1.82, 2.24) is 25.9 Å². The molecule has 1 aromatic carbocycles. The number of hydrogen-bond acceptors (Lipinski definition) is 8. The number of aromatic nitrogens is 2. The molecule has 1 heterocycles. The number of carbonyl (C=O) groups is 4. The number of rotatable bonds is 14. The summed E-state index contributed by atoms with van der Waals surface area (Å²) in [5.41, 5.74) is 7.27. The van der Waals surface area contributed by atoms with Crippen LogP contribution in [0.5, 0.6) is 5.75 Å². The lowest BCUT2D eigenvalue weighted by Gasteiger charge is -2.28. The molecule has 0 bridgehead atoms. The zero-order valence-corrected chi connectivity index (χ0v) is 20.7. The van der Waals surface area contributed by atoms with Gasteiger partial charge in [0.2, 0.25) is 17.7 Å². The van der Waals surface area contributed by atoms with E-state index in [-0.39, 0.29) is 18.6 Å². The van der Waals surface area contributed by atoms with Crippen LogP contribution in [0.3, 0.4) is 0 Å². The van der Waals surface area contributed by atoms with Gasteiger partial charge in [-0.3, -0.25) is 14.4 Å². The standard InChI is InChI=1S/C24H34N6O7/c1-3-13(2)20(23(35)29-19(11-31)24(36)37)30-22(34)18(8-14-4-6-16(32)7-5-14)28-21(33)17(25)9-15-10-26-12-27-15/h4-7,10,12-13,17-20,31-32H,3,8-9,11,25H2,1-2H3,(H,26,27)(H,28,33)(H,29,35)(H,30,34)(H,36,37). The maximum absolute atomic E-state index is 13.3. The molecule has 0 aliphatic carbocycles. The first-order valence-electron chi connectivity index (χ1n) is 11.8. The molecular formula is C24H34N6O7. The molecule has 1 aromatic heterocycles. The van der Waals surface area contributed by atoms with E-state index < -0.39 is 60.4 Å². The number of benzene rings is 1. The quantitative estimate of drug-likeness (QED) is 0.150. The lowest BCUT2D eigenvalue weighted by Crippen LogP contribution is -2.59. The number of nitrogens with zero attached hydrogens (tertiary/aromatic N) is 1. The Morgan fingerprint density at radius 1 is 1.00 bits per heavy atom. The summed E-state index contributed by atoms with van der Waals surface area (Å²) in [6.45, 7) is 2.67. The maximum atomic E-state index is 13.3. The number of hydrogen-bond donors (Lipinski definition) is 8. The second-order valence-electron chi connectivity index (χ2n) is 8.77. The largest absolute Gasteiger partial charge is 0.508 e. The molecule has 13 heteroatoms. The number of phenols is 1. The number of aliphatic carboxylic acids is 1. The summed E-state index contributed by atoms with van der Waals surface area (Å²) < 4.78 is 0. The Morgan fingerprint density at radius 3 is 2.19 bits per heavy atom. The summed E-state index contributed by atoms with van der Waals surface area (Å²) in [7, 11) is 0. The second kappa shape index (κ2) is 13.9. The fourth-order valence-electron chi connectivity index (χ4n) is 3.48. The van der Waals surface area contributed by atoms with Crippen molar-refractivity contribution in [3.05, 3.63) is 48.0 Å². The minimum atomic E-state index is -1.54. The summed E-state index contributed by atoms with van der Waals surface area (Å²) in [6, 6.07) is 1.24. The third-order valence-corrected chi connectivity index (χ3v) is 5.93. The van der Waals surface area contributed by atoms with E-state index in [9.17, 15) is 29.4 Å². The highest BCUT2D eigenvalue weighted by Crippen LogP contribution is 2.13. The number of carboxylic acids is 1. The number of H-pyrrole nitrogens is 1. The molecule has 0 saturated carbocycles. The van der Waals surface area contributed by atoms with E-state index in [0.29, 0.717) is 17.7 Å². The van der Waals surface area contributed by atoms with Crippen molar-refractivity contribution in [1.29, 1.82) is 0 Å². The van der Waals surface area contributed by atoms with Crippen LogP contribution in [0.2, 0.25) is 0 Å². The smallest absolute Gasteiger partial charge is 0.328 e. The number of amides is 3. The zero-order valence-electron chi connectivity index (χ0n) is 20.7. The van der Waals surface area contributed by atoms with Crippen molar-refractivity contribution >= 4 is 23.7 Å². The van der Waals surface area contributed by atoms with Gasteiger partial charge in [0.15, 0.2) is 0 Å². The van der Waals surface area contributed by atoms with Gasteiger partial charge in [-0.05, 0) is 23.6 Å². The third-order valence-electron chi connectivity index (χ3n) is 5.93. The molecule has 0 aliphatic heterocycles. The third kappa shape index (κ3) is 8.88. The van der Waals surface area contributed by atoms with Gasteiger partial charge in [0.1, 0.15) is 23.9 Å². The summed E-state index contributed by atoms with van der Waals surface area (Å²) in [5, 5.41) is 35.4. The Bertz CT molecular complexity index is 1040. The first kappa shape index (κ1) is 29.3. The van der Waals surface area contributed by atoms with Gasteiger partial charge < -0.3 is 42.0 Å². The highest BCUT2D eigenvalue weighted by Gasteiger charge is 2.32. The van der Waals surface area contributed by atoms with Crippen LogP contribution < -0.4 is 21.7 Å². The minimum Gasteiger partial charge on any atom is -0.508 e. The number of phenolic OH excluding ortho intramolecular Hbond substituents is 1. The number of aromatic hydroxyl groups is 1. The number of nitrogens with two attached hydrogens (primary N) is 1. The molecular weight excluding hydrogens is 484 g/mol. The lowest BCUT2D eigenvalue weighted by molar-refractivity contribution is -0.143. The van der Waals surface area contributed by atoms with Crippen LogP contribution in [0.15, 0.2) is 36.8 Å². The number of imidazole rings is 1. The highest BCUT2D eigenvalue weighted by molar-refractivity contribution is 5.94. The SMILES string of the molecule is CCC(C)C(NC(=O)C(Cc1ccc(O)cc1)NC(=O)C(N)Cc1cnc[nH]1)C(=O)NC(CO)C(=O)O. The van der Waals surface area contributed by atoms with Gasteiger partial charge in [0.05, 0.1) is 19.0 Å². The predicted octanol–water partition coefficient (Wildman–Crippen LogP) is -1.19. The average Bonchev–Trinajstić information content (AvgIpc) is 3.38. The van der Waals surface area contributed by atoms with Crippen molar-refractivity contribution in [2.24, 2.45) is 11.7 Å². The van der Waals surface area contributed by atoms with E-state index in [0.717, 1.165) is 0 Å². The van der Waals surface area contributed by atoms with Crippen molar-refractivity contribution in [3.8, 4) is 5.75 Å². The molecule has 13 nitrogen and oxygen atoms in total. The van der Waals surface area contributed by atoms with Gasteiger partial charge in [-0.2, -0.15) is 0 Å². The van der Waals surface area contributed by atoms with Crippen molar-refractivity contribution < 1.29 is 34.5 Å². The number of aliphatic hydroxyl groups excluding tert-OH is 1. The summed E-state index contributed by atoms with van der Waals surface area (Å²) in [5.74, 6) is -3.87. The van der Waals surface area contributed by atoms with Gasteiger partial charge in [-0.15, -0.1) is 0 Å². The average molecular weight is 519 g/mol. The van der Waals surface area contributed by atoms with Crippen LogP contribution >= 0.6 is 0 Å². The van der Waals surface area contributed by atoms with E-state index in [4.69, 9.17) is 10.8 Å². The Balaban J connectivity index is 2.23. The van der Waals surface area contributed by atoms with Crippen LogP contribution in [-0.2, 0) is 32.0 Å². The van der Waals surface area contributed by atoms with Gasteiger partial charge >= 0.3 is 5.97 Å². The Kier molecular flexibility index (Phi) is 11.0. The normalized spacial score (nSPS) is 15.0. The van der Waals surface area contributed by atoms with E-state index in [2.05, 4.69) is 25.9 Å². The molecule has 5 unspecified atom stereocenters. The van der Waals surface area contributed by atoms with Crippen LogP contribution in [0.1, 0.15) is 31.5 Å². The molecule has 0 aliphatic rings. The summed E-state index contributed by atoms with van der Waals surface area (Å²) >= 11 is 0. The van der Waals surface area contributed by atoms with E-state index in [1.165, 1.54) is 24.7 Å². The molecule has 2 rings (SSSR count). The van der Waals surface area contributed by atoms with Crippen LogP contribution in [0, 0.1) is 5.92 Å². The van der Waals surface area contributed by atoms with Crippen LogP contribution in [-0.4, -0.2) is 79.8 Å². The molecule has 0 fully saturated rings. The molecule has 9 N–H and O–H groups in total. The van der Waals surface area contributed by atoms with Crippen molar-refractivity contribution in [2.45, 2.75) is 57.3 Å². The number of nitrogens with one attached hydrogen (secondary N) is 4. The monoisotopic (exact) mass is 518 g/mol. The zero-order chi connectivity index (χ0) is 27.5. The number of aliphatic hydroxyl groups is 1. The fraction of sp³-hybridized carbons (Fsp3) is 0.458. The van der Waals surface area contributed by atoms with Crippen molar-refractivity contribution in [3.63, 3.8) is 0 Å². The molecule has 202 valence electrons. The molecule has 0 spiro atoms. The first-order valence-corrected chi connectivity index (χ1v) is 11.8. The van der Waals surface area contributed by atoms with E-state index >= 15 is 0 Å². The summed E-state index contributed by atoms with van der Waals surface area (Å²) in [4.78, 5) is 57.0. The maximum Gasteiger partial charge on any atom is 0.328 e.